The first kappa shape index (κ1) is 12.0. The molecule has 0 saturated carbocycles. The Hall–Kier alpha value is -1.45. The standard InChI is InChI=1S/C11H18N6/c1-10(7-12)17-5-3-16(4-6-17)9-11-8-15(2)14-13-11/h8,10H,3-6,9H2,1-2H3. The number of piperazine rings is 1. The second-order valence-corrected chi connectivity index (χ2v) is 4.50. The molecule has 1 unspecified atom stereocenters. The summed E-state index contributed by atoms with van der Waals surface area (Å²) in [5, 5.41) is 16.9. The van der Waals surface area contributed by atoms with Crippen molar-refractivity contribution in [3.8, 4) is 6.07 Å². The Labute approximate surface area is 101 Å². The van der Waals surface area contributed by atoms with Gasteiger partial charge in [0.1, 0.15) is 0 Å². The van der Waals surface area contributed by atoms with Gasteiger partial charge in [-0.3, -0.25) is 14.5 Å². The first-order valence-electron chi connectivity index (χ1n) is 5.90. The summed E-state index contributed by atoms with van der Waals surface area (Å²) in [7, 11) is 1.88. The van der Waals surface area contributed by atoms with Gasteiger partial charge in [-0.05, 0) is 6.92 Å². The topological polar surface area (TPSA) is 61.0 Å². The highest BCUT2D eigenvalue weighted by Gasteiger charge is 2.21. The van der Waals surface area contributed by atoms with Crippen LogP contribution in [0.25, 0.3) is 0 Å². The van der Waals surface area contributed by atoms with Gasteiger partial charge in [0.2, 0.25) is 0 Å². The van der Waals surface area contributed by atoms with E-state index >= 15 is 0 Å². The third-order valence-electron chi connectivity index (χ3n) is 3.18. The van der Waals surface area contributed by atoms with Crippen LogP contribution in [-0.4, -0.2) is 57.0 Å². The number of aryl methyl sites for hydroxylation is 1. The highest BCUT2D eigenvalue weighted by molar-refractivity contribution is 4.94. The molecule has 92 valence electrons. The predicted molar refractivity (Wildman–Crippen MR) is 62.9 cm³/mol. The van der Waals surface area contributed by atoms with Crippen LogP contribution in [-0.2, 0) is 13.6 Å². The Balaban J connectivity index is 1.82. The largest absolute Gasteiger partial charge is 0.295 e. The van der Waals surface area contributed by atoms with Crippen LogP contribution in [0.3, 0.4) is 0 Å². The minimum atomic E-state index is 0.0219. The van der Waals surface area contributed by atoms with E-state index in [0.717, 1.165) is 38.4 Å². The lowest BCUT2D eigenvalue weighted by atomic mass is 10.2. The van der Waals surface area contributed by atoms with Crippen LogP contribution in [0.15, 0.2) is 6.20 Å². The van der Waals surface area contributed by atoms with Gasteiger partial charge in [0.05, 0.1) is 17.8 Å². The quantitative estimate of drug-likeness (QED) is 0.727. The molecule has 1 atom stereocenters. The highest BCUT2D eigenvalue weighted by atomic mass is 15.4. The first-order chi connectivity index (χ1) is 8.19. The number of hydrogen-bond acceptors (Lipinski definition) is 5. The maximum absolute atomic E-state index is 8.86. The zero-order valence-electron chi connectivity index (χ0n) is 10.4. The molecule has 0 bridgehead atoms. The molecule has 2 heterocycles. The van der Waals surface area contributed by atoms with E-state index in [1.165, 1.54) is 0 Å². The van der Waals surface area contributed by atoms with Crippen LogP contribution in [0.5, 0.6) is 0 Å². The van der Waals surface area contributed by atoms with E-state index in [1.807, 2.05) is 20.2 Å². The van der Waals surface area contributed by atoms with Crippen molar-refractivity contribution in [1.82, 2.24) is 24.8 Å². The first-order valence-corrected chi connectivity index (χ1v) is 5.90. The lowest BCUT2D eigenvalue weighted by molar-refractivity contribution is 0.113. The summed E-state index contributed by atoms with van der Waals surface area (Å²) in [5.41, 5.74) is 1.01. The molecule has 0 radical (unpaired) electrons. The second-order valence-electron chi connectivity index (χ2n) is 4.50. The Morgan fingerprint density at radius 2 is 2.12 bits per heavy atom. The minimum absolute atomic E-state index is 0.0219. The lowest BCUT2D eigenvalue weighted by Crippen LogP contribution is -2.48. The lowest BCUT2D eigenvalue weighted by Gasteiger charge is -2.35. The minimum Gasteiger partial charge on any atom is -0.295 e. The third-order valence-corrected chi connectivity index (χ3v) is 3.18. The van der Waals surface area contributed by atoms with Crippen LogP contribution in [0.1, 0.15) is 12.6 Å². The molecule has 6 nitrogen and oxygen atoms in total. The summed E-state index contributed by atoms with van der Waals surface area (Å²) in [6.07, 6.45) is 1.95. The maximum Gasteiger partial charge on any atom is 0.0967 e. The average Bonchev–Trinajstić information content (AvgIpc) is 2.75. The molecule has 1 aromatic heterocycles. The molecule has 0 spiro atoms. The Kier molecular flexibility index (Phi) is 3.71. The van der Waals surface area contributed by atoms with Gasteiger partial charge in [-0.25, -0.2) is 0 Å². The van der Waals surface area contributed by atoms with Crippen molar-refractivity contribution < 1.29 is 0 Å². The average molecular weight is 234 g/mol. The number of nitrogens with zero attached hydrogens (tertiary/aromatic N) is 6. The molecule has 1 aliphatic rings. The van der Waals surface area contributed by atoms with Crippen molar-refractivity contribution in [2.75, 3.05) is 26.2 Å². The smallest absolute Gasteiger partial charge is 0.0967 e. The molecular formula is C11H18N6. The summed E-state index contributed by atoms with van der Waals surface area (Å²) in [5.74, 6) is 0. The highest BCUT2D eigenvalue weighted by Crippen LogP contribution is 2.08. The van der Waals surface area contributed by atoms with Gasteiger partial charge in [-0.1, -0.05) is 5.21 Å². The molecule has 1 fully saturated rings. The molecule has 2 rings (SSSR count). The summed E-state index contributed by atoms with van der Waals surface area (Å²) in [6, 6.07) is 2.31. The Morgan fingerprint density at radius 3 is 2.65 bits per heavy atom. The van der Waals surface area contributed by atoms with E-state index in [2.05, 4.69) is 26.2 Å². The fourth-order valence-electron chi connectivity index (χ4n) is 2.09. The third kappa shape index (κ3) is 3.02. The normalized spacial score (nSPS) is 20.1. The fourth-order valence-corrected chi connectivity index (χ4v) is 2.09. The SMILES string of the molecule is CC(C#N)N1CCN(Cc2cn(C)nn2)CC1. The number of rotatable bonds is 3. The van der Waals surface area contributed by atoms with Crippen LogP contribution < -0.4 is 0 Å². The maximum atomic E-state index is 8.86. The molecule has 0 amide bonds. The zero-order valence-corrected chi connectivity index (χ0v) is 10.4. The van der Waals surface area contributed by atoms with Crippen LogP contribution in [0.4, 0.5) is 0 Å². The Bertz CT molecular complexity index is 398. The van der Waals surface area contributed by atoms with E-state index in [9.17, 15) is 0 Å². The van der Waals surface area contributed by atoms with E-state index in [0.29, 0.717) is 0 Å². The van der Waals surface area contributed by atoms with Crippen LogP contribution >= 0.6 is 0 Å². The van der Waals surface area contributed by atoms with Crippen molar-refractivity contribution in [3.05, 3.63) is 11.9 Å². The van der Waals surface area contributed by atoms with E-state index in [1.54, 1.807) is 4.68 Å². The van der Waals surface area contributed by atoms with Crippen molar-refractivity contribution in [2.45, 2.75) is 19.5 Å². The molecule has 0 aromatic carbocycles. The molecular weight excluding hydrogens is 216 g/mol. The van der Waals surface area contributed by atoms with Gasteiger partial charge >= 0.3 is 0 Å². The zero-order chi connectivity index (χ0) is 12.3. The monoisotopic (exact) mass is 234 g/mol. The fraction of sp³-hybridized carbons (Fsp3) is 0.727. The Morgan fingerprint density at radius 1 is 1.41 bits per heavy atom. The number of nitriles is 1. The molecule has 1 saturated heterocycles. The predicted octanol–water partition coefficient (Wildman–Crippen LogP) is -0.155. The van der Waals surface area contributed by atoms with Gasteiger partial charge in [0, 0.05) is 46.0 Å². The molecule has 17 heavy (non-hydrogen) atoms. The van der Waals surface area contributed by atoms with Crippen molar-refractivity contribution in [3.63, 3.8) is 0 Å². The van der Waals surface area contributed by atoms with Crippen molar-refractivity contribution in [2.24, 2.45) is 7.05 Å². The van der Waals surface area contributed by atoms with E-state index in [-0.39, 0.29) is 6.04 Å². The summed E-state index contributed by atoms with van der Waals surface area (Å²) in [6.45, 7) is 6.69. The van der Waals surface area contributed by atoms with Gasteiger partial charge in [0.15, 0.2) is 0 Å². The van der Waals surface area contributed by atoms with Gasteiger partial charge in [-0.15, -0.1) is 5.10 Å². The number of hydrogen-bond donors (Lipinski definition) is 0. The van der Waals surface area contributed by atoms with E-state index < -0.39 is 0 Å². The van der Waals surface area contributed by atoms with Gasteiger partial charge < -0.3 is 0 Å². The molecule has 6 heteroatoms. The van der Waals surface area contributed by atoms with E-state index in [4.69, 9.17) is 5.26 Å². The van der Waals surface area contributed by atoms with Crippen LogP contribution in [0, 0.1) is 11.3 Å². The summed E-state index contributed by atoms with van der Waals surface area (Å²) in [4.78, 5) is 4.57. The van der Waals surface area contributed by atoms with Crippen molar-refractivity contribution in [1.29, 1.82) is 5.26 Å². The van der Waals surface area contributed by atoms with Crippen molar-refractivity contribution >= 4 is 0 Å². The molecule has 0 aliphatic carbocycles. The molecule has 0 N–H and O–H groups in total. The van der Waals surface area contributed by atoms with Crippen LogP contribution in [0.2, 0.25) is 0 Å². The number of aromatic nitrogens is 3. The molecule has 1 aliphatic heterocycles. The second kappa shape index (κ2) is 5.25. The molecule has 1 aromatic rings. The van der Waals surface area contributed by atoms with Gasteiger partial charge in [-0.2, -0.15) is 5.26 Å². The van der Waals surface area contributed by atoms with Gasteiger partial charge in [0.25, 0.3) is 0 Å². The summed E-state index contributed by atoms with van der Waals surface area (Å²) >= 11 is 0. The summed E-state index contributed by atoms with van der Waals surface area (Å²) < 4.78 is 1.73.